The van der Waals surface area contributed by atoms with Crippen molar-refractivity contribution in [1.82, 2.24) is 4.98 Å². The maximum absolute atomic E-state index is 5.71. The minimum atomic E-state index is -0.255. The van der Waals surface area contributed by atoms with Gasteiger partial charge in [-0.15, -0.1) is 0 Å². The SMILES string of the molecule is CSC1COC(/C=C/c2ccc(Cl)nc2)OC1. The number of thioether (sulfide) groups is 1. The van der Waals surface area contributed by atoms with Gasteiger partial charge in [-0.2, -0.15) is 11.8 Å². The van der Waals surface area contributed by atoms with Crippen LogP contribution in [0.1, 0.15) is 5.56 Å². The molecule has 3 nitrogen and oxygen atoms in total. The Bertz CT molecular complexity index is 375. The minimum absolute atomic E-state index is 0.255. The van der Waals surface area contributed by atoms with Crippen molar-refractivity contribution in [1.29, 1.82) is 0 Å². The van der Waals surface area contributed by atoms with Crippen LogP contribution in [0.15, 0.2) is 24.4 Å². The smallest absolute Gasteiger partial charge is 0.177 e. The Morgan fingerprint density at radius 3 is 2.76 bits per heavy atom. The highest BCUT2D eigenvalue weighted by molar-refractivity contribution is 7.99. The Balaban J connectivity index is 1.87. The van der Waals surface area contributed by atoms with Crippen LogP contribution in [0.25, 0.3) is 6.08 Å². The lowest BCUT2D eigenvalue weighted by atomic mass is 10.2. The van der Waals surface area contributed by atoms with E-state index in [-0.39, 0.29) is 6.29 Å². The molecule has 0 spiro atoms. The van der Waals surface area contributed by atoms with Gasteiger partial charge in [-0.05, 0) is 24.0 Å². The van der Waals surface area contributed by atoms with Gasteiger partial charge in [-0.25, -0.2) is 4.98 Å². The maximum atomic E-state index is 5.71. The Labute approximate surface area is 110 Å². The standard InChI is InChI=1S/C12H14ClNO2S/c1-17-10-7-15-12(16-8-10)5-3-9-2-4-11(13)14-6-9/h2-6,10,12H,7-8H2,1H3/b5-3+. The van der Waals surface area contributed by atoms with E-state index in [4.69, 9.17) is 21.1 Å². The van der Waals surface area contributed by atoms with Gasteiger partial charge >= 0.3 is 0 Å². The molecule has 1 aromatic heterocycles. The summed E-state index contributed by atoms with van der Waals surface area (Å²) in [5.41, 5.74) is 0.980. The molecular formula is C12H14ClNO2S. The molecule has 2 rings (SSSR count). The first-order valence-electron chi connectivity index (χ1n) is 5.33. The van der Waals surface area contributed by atoms with E-state index in [0.717, 1.165) is 18.8 Å². The number of nitrogens with zero attached hydrogens (tertiary/aromatic N) is 1. The van der Waals surface area contributed by atoms with Gasteiger partial charge in [0.1, 0.15) is 5.15 Å². The van der Waals surface area contributed by atoms with Gasteiger partial charge in [0, 0.05) is 6.20 Å². The number of aromatic nitrogens is 1. The summed E-state index contributed by atoms with van der Waals surface area (Å²) in [6.07, 6.45) is 7.34. The zero-order valence-corrected chi connectivity index (χ0v) is 11.1. The molecule has 0 saturated carbocycles. The molecule has 5 heteroatoms. The second-order valence-corrected chi connectivity index (χ2v) is 5.19. The van der Waals surface area contributed by atoms with Crippen molar-refractivity contribution in [2.75, 3.05) is 19.5 Å². The number of hydrogen-bond donors (Lipinski definition) is 0. The average molecular weight is 272 g/mol. The highest BCUT2D eigenvalue weighted by Gasteiger charge is 2.18. The summed E-state index contributed by atoms with van der Waals surface area (Å²) in [6, 6.07) is 3.66. The molecule has 1 saturated heterocycles. The van der Waals surface area contributed by atoms with Crippen molar-refractivity contribution in [2.45, 2.75) is 11.5 Å². The largest absolute Gasteiger partial charge is 0.348 e. The van der Waals surface area contributed by atoms with Gasteiger partial charge in [-0.1, -0.05) is 23.7 Å². The van der Waals surface area contributed by atoms with Gasteiger partial charge in [0.2, 0.25) is 0 Å². The summed E-state index contributed by atoms with van der Waals surface area (Å²) >= 11 is 7.47. The lowest BCUT2D eigenvalue weighted by molar-refractivity contribution is -0.145. The van der Waals surface area contributed by atoms with Crippen LogP contribution in [-0.2, 0) is 9.47 Å². The van der Waals surface area contributed by atoms with E-state index in [2.05, 4.69) is 11.2 Å². The quantitative estimate of drug-likeness (QED) is 0.791. The third kappa shape index (κ3) is 4.00. The molecule has 0 aromatic carbocycles. The molecule has 0 aliphatic carbocycles. The first-order valence-corrected chi connectivity index (χ1v) is 7.00. The maximum Gasteiger partial charge on any atom is 0.177 e. The Morgan fingerprint density at radius 1 is 1.41 bits per heavy atom. The molecule has 1 aromatic rings. The molecule has 1 aliphatic heterocycles. The van der Waals surface area contributed by atoms with Crippen LogP contribution in [0.2, 0.25) is 5.15 Å². The first-order chi connectivity index (χ1) is 8.28. The van der Waals surface area contributed by atoms with Crippen molar-refractivity contribution in [3.8, 4) is 0 Å². The predicted molar refractivity (Wildman–Crippen MR) is 71.3 cm³/mol. The van der Waals surface area contributed by atoms with Crippen molar-refractivity contribution in [3.05, 3.63) is 35.1 Å². The second-order valence-electron chi connectivity index (χ2n) is 3.67. The summed E-state index contributed by atoms with van der Waals surface area (Å²) in [5.74, 6) is 0. The van der Waals surface area contributed by atoms with E-state index in [9.17, 15) is 0 Å². The molecule has 0 N–H and O–H groups in total. The van der Waals surface area contributed by atoms with Crippen molar-refractivity contribution in [2.24, 2.45) is 0 Å². The molecule has 0 radical (unpaired) electrons. The van der Waals surface area contributed by atoms with Crippen molar-refractivity contribution >= 4 is 29.4 Å². The lowest BCUT2D eigenvalue weighted by Crippen LogP contribution is -2.32. The van der Waals surface area contributed by atoms with Crippen LogP contribution in [0.5, 0.6) is 0 Å². The molecule has 92 valence electrons. The number of hydrogen-bond acceptors (Lipinski definition) is 4. The molecule has 17 heavy (non-hydrogen) atoms. The lowest BCUT2D eigenvalue weighted by Gasteiger charge is -2.26. The third-order valence-corrected chi connectivity index (χ3v) is 3.58. The van der Waals surface area contributed by atoms with E-state index in [1.807, 2.05) is 18.2 Å². The number of rotatable bonds is 3. The molecule has 1 aliphatic rings. The van der Waals surface area contributed by atoms with Gasteiger partial charge in [0.15, 0.2) is 6.29 Å². The summed E-state index contributed by atoms with van der Waals surface area (Å²) < 4.78 is 11.1. The zero-order valence-electron chi connectivity index (χ0n) is 9.51. The second kappa shape index (κ2) is 6.40. The summed E-state index contributed by atoms with van der Waals surface area (Å²) in [7, 11) is 0. The molecular weight excluding hydrogens is 258 g/mol. The topological polar surface area (TPSA) is 31.4 Å². The van der Waals surface area contributed by atoms with Crippen LogP contribution in [0.4, 0.5) is 0 Å². The van der Waals surface area contributed by atoms with Gasteiger partial charge in [0.25, 0.3) is 0 Å². The fraction of sp³-hybridized carbons (Fsp3) is 0.417. The zero-order chi connectivity index (χ0) is 12.1. The first kappa shape index (κ1) is 12.9. The van der Waals surface area contributed by atoms with E-state index in [1.165, 1.54) is 0 Å². The van der Waals surface area contributed by atoms with Gasteiger partial charge < -0.3 is 9.47 Å². The molecule has 1 fully saturated rings. The molecule has 0 atom stereocenters. The average Bonchev–Trinajstić information content (AvgIpc) is 2.39. The highest BCUT2D eigenvalue weighted by atomic mass is 35.5. The fourth-order valence-corrected chi connectivity index (χ4v) is 1.96. The summed E-state index contributed by atoms with van der Waals surface area (Å²) in [5, 5.41) is 0.937. The summed E-state index contributed by atoms with van der Waals surface area (Å²) in [4.78, 5) is 4.00. The van der Waals surface area contributed by atoms with E-state index in [1.54, 1.807) is 24.0 Å². The Hall–Kier alpha value is -0.550. The monoisotopic (exact) mass is 271 g/mol. The van der Waals surface area contributed by atoms with Gasteiger partial charge in [-0.3, -0.25) is 0 Å². The fourth-order valence-electron chi connectivity index (χ4n) is 1.42. The van der Waals surface area contributed by atoms with Crippen LogP contribution in [0, 0.1) is 0 Å². The third-order valence-electron chi connectivity index (χ3n) is 2.42. The Morgan fingerprint density at radius 2 is 2.18 bits per heavy atom. The number of pyridine rings is 1. The predicted octanol–water partition coefficient (Wildman–Crippen LogP) is 2.85. The van der Waals surface area contributed by atoms with Crippen molar-refractivity contribution < 1.29 is 9.47 Å². The molecule has 0 bridgehead atoms. The van der Waals surface area contributed by atoms with Crippen LogP contribution in [0.3, 0.4) is 0 Å². The highest BCUT2D eigenvalue weighted by Crippen LogP contribution is 2.17. The van der Waals surface area contributed by atoms with E-state index in [0.29, 0.717) is 10.4 Å². The minimum Gasteiger partial charge on any atom is -0.348 e. The molecule has 0 amide bonds. The van der Waals surface area contributed by atoms with Crippen LogP contribution >= 0.6 is 23.4 Å². The number of halogens is 1. The molecule has 2 heterocycles. The summed E-state index contributed by atoms with van der Waals surface area (Å²) in [6.45, 7) is 1.46. The van der Waals surface area contributed by atoms with E-state index >= 15 is 0 Å². The number of ether oxygens (including phenoxy) is 2. The molecule has 0 unspecified atom stereocenters. The Kier molecular flexibility index (Phi) is 4.86. The van der Waals surface area contributed by atoms with E-state index < -0.39 is 0 Å². The van der Waals surface area contributed by atoms with Crippen LogP contribution in [-0.4, -0.2) is 36.0 Å². The van der Waals surface area contributed by atoms with Crippen LogP contribution < -0.4 is 0 Å². The van der Waals surface area contributed by atoms with Crippen molar-refractivity contribution in [3.63, 3.8) is 0 Å². The van der Waals surface area contributed by atoms with Gasteiger partial charge in [0.05, 0.1) is 18.5 Å². The normalized spacial score (nSPS) is 25.3.